The van der Waals surface area contributed by atoms with Gasteiger partial charge in [0.05, 0.1) is 11.7 Å². The zero-order valence-corrected chi connectivity index (χ0v) is 17.3. The third kappa shape index (κ3) is 3.00. The number of aliphatic hydroxyl groups excluding tert-OH is 2. The smallest absolute Gasteiger partial charge is 0.230 e. The number of carbonyl (C=O) groups is 3. The van der Waals surface area contributed by atoms with E-state index in [0.29, 0.717) is 6.42 Å². The van der Waals surface area contributed by atoms with Crippen LogP contribution in [0.2, 0.25) is 0 Å². The molecule has 3 aliphatic rings. The summed E-state index contributed by atoms with van der Waals surface area (Å²) in [6, 6.07) is 3.25. The molecule has 0 aliphatic heterocycles. The van der Waals surface area contributed by atoms with Crippen molar-refractivity contribution in [2.24, 2.45) is 23.5 Å². The Hall–Kier alpha value is -2.71. The topological polar surface area (TPSA) is 158 Å². The molecule has 5 atom stereocenters. The number of amides is 1. The van der Waals surface area contributed by atoms with Crippen LogP contribution in [0.25, 0.3) is 0 Å². The lowest BCUT2D eigenvalue weighted by molar-refractivity contribution is -0.167. The van der Waals surface area contributed by atoms with Crippen LogP contribution >= 0.6 is 0 Å². The summed E-state index contributed by atoms with van der Waals surface area (Å²) in [5.74, 6) is -6.81. The largest absolute Gasteiger partial charge is 0.508 e. The number of fused-ring (bicyclic) bond motifs is 3. The van der Waals surface area contributed by atoms with Crippen molar-refractivity contribution in [3.8, 4) is 5.75 Å². The van der Waals surface area contributed by atoms with Crippen LogP contribution in [0.4, 0.5) is 0 Å². The van der Waals surface area contributed by atoms with Crippen LogP contribution in [-0.2, 0) is 22.4 Å². The van der Waals surface area contributed by atoms with E-state index in [1.165, 1.54) is 6.07 Å². The standard InChI is InChI=1S/C23H27NO7/c1-2-3-4-10-5-6-14(25)17-13(10)8-11-7-12-9-15(26)18(22(24)30)21(29)23(12,31)20(28)16(11)19(17)27/h5-6,11-12,15,18,25-26,28,31H,2-4,7-9H2,1H3,(H2,24,30)/t11-,12+,15?,18?,23+/m1/s1. The summed E-state index contributed by atoms with van der Waals surface area (Å²) in [4.78, 5) is 38.0. The molecule has 31 heavy (non-hydrogen) atoms. The second kappa shape index (κ2) is 7.46. The maximum Gasteiger partial charge on any atom is 0.230 e. The van der Waals surface area contributed by atoms with Crippen molar-refractivity contribution in [2.45, 2.75) is 57.2 Å². The number of aliphatic hydroxyl groups is 3. The molecule has 1 aromatic carbocycles. The van der Waals surface area contributed by atoms with Gasteiger partial charge in [0.25, 0.3) is 0 Å². The number of benzene rings is 1. The van der Waals surface area contributed by atoms with Gasteiger partial charge in [-0.2, -0.15) is 0 Å². The van der Waals surface area contributed by atoms with Gasteiger partial charge in [-0.3, -0.25) is 14.4 Å². The summed E-state index contributed by atoms with van der Waals surface area (Å²) in [5, 5.41) is 42.9. The predicted molar refractivity (Wildman–Crippen MR) is 109 cm³/mol. The molecular weight excluding hydrogens is 402 g/mol. The molecule has 3 aliphatic carbocycles. The van der Waals surface area contributed by atoms with E-state index in [-0.39, 0.29) is 29.7 Å². The highest BCUT2D eigenvalue weighted by Gasteiger charge is 2.62. The molecule has 2 unspecified atom stereocenters. The molecule has 0 heterocycles. The Morgan fingerprint density at radius 1 is 1.23 bits per heavy atom. The van der Waals surface area contributed by atoms with E-state index in [4.69, 9.17) is 5.73 Å². The Morgan fingerprint density at radius 3 is 2.58 bits per heavy atom. The number of phenols is 1. The SMILES string of the molecule is CCCCc1ccc(O)c2c1C[C@H]1C[C@H]3CC(O)C(C(N)=O)C(=O)[C@@]3(O)C(O)=C1C2=O. The van der Waals surface area contributed by atoms with Crippen molar-refractivity contribution < 1.29 is 34.8 Å². The lowest BCUT2D eigenvalue weighted by Gasteiger charge is -2.48. The molecule has 1 aromatic rings. The van der Waals surface area contributed by atoms with Crippen molar-refractivity contribution >= 4 is 17.5 Å². The molecule has 0 bridgehead atoms. The number of unbranched alkanes of at least 4 members (excludes halogenated alkanes) is 1. The molecule has 0 spiro atoms. The number of hydrogen-bond donors (Lipinski definition) is 5. The molecule has 1 amide bonds. The lowest BCUT2D eigenvalue weighted by Crippen LogP contribution is -2.63. The van der Waals surface area contributed by atoms with Crippen LogP contribution in [0.1, 0.15) is 54.1 Å². The second-order valence-corrected chi connectivity index (χ2v) is 8.94. The van der Waals surface area contributed by atoms with Crippen molar-refractivity contribution in [3.05, 3.63) is 40.2 Å². The molecule has 6 N–H and O–H groups in total. The Balaban J connectivity index is 1.85. The number of nitrogens with two attached hydrogens (primary N) is 1. The number of primary amides is 1. The van der Waals surface area contributed by atoms with Gasteiger partial charge in [0.1, 0.15) is 17.4 Å². The monoisotopic (exact) mass is 429 g/mol. The van der Waals surface area contributed by atoms with Gasteiger partial charge in [0, 0.05) is 11.5 Å². The first-order chi connectivity index (χ1) is 14.6. The Kier molecular flexibility index (Phi) is 5.18. The first-order valence-electron chi connectivity index (χ1n) is 10.7. The highest BCUT2D eigenvalue weighted by molar-refractivity contribution is 6.15. The fraction of sp³-hybridized carbons (Fsp3) is 0.522. The molecule has 8 heteroatoms. The van der Waals surface area contributed by atoms with Gasteiger partial charge in [-0.15, -0.1) is 0 Å². The minimum absolute atomic E-state index is 0.0863. The molecule has 4 rings (SSSR count). The zero-order chi connectivity index (χ0) is 22.7. The third-order valence-electron chi connectivity index (χ3n) is 7.17. The Bertz CT molecular complexity index is 1010. The summed E-state index contributed by atoms with van der Waals surface area (Å²) >= 11 is 0. The van der Waals surface area contributed by atoms with E-state index in [9.17, 15) is 34.8 Å². The molecule has 1 fully saturated rings. The van der Waals surface area contributed by atoms with Crippen molar-refractivity contribution in [2.75, 3.05) is 0 Å². The van der Waals surface area contributed by atoms with Crippen LogP contribution in [0.15, 0.2) is 23.5 Å². The highest BCUT2D eigenvalue weighted by Crippen LogP contribution is 2.51. The number of hydrogen-bond acceptors (Lipinski definition) is 7. The van der Waals surface area contributed by atoms with Crippen LogP contribution in [0, 0.1) is 17.8 Å². The number of rotatable bonds is 4. The van der Waals surface area contributed by atoms with Gasteiger partial charge < -0.3 is 26.2 Å². The van der Waals surface area contributed by atoms with E-state index in [1.54, 1.807) is 6.07 Å². The molecule has 166 valence electrons. The van der Waals surface area contributed by atoms with E-state index in [2.05, 4.69) is 6.92 Å². The minimum atomic E-state index is -2.46. The third-order valence-corrected chi connectivity index (χ3v) is 7.17. The number of carbonyl (C=O) groups excluding carboxylic acids is 3. The van der Waals surface area contributed by atoms with Crippen LogP contribution in [0.5, 0.6) is 5.75 Å². The van der Waals surface area contributed by atoms with Gasteiger partial charge in [0.15, 0.2) is 17.2 Å². The van der Waals surface area contributed by atoms with Gasteiger partial charge in [-0.1, -0.05) is 19.4 Å². The summed E-state index contributed by atoms with van der Waals surface area (Å²) in [6.45, 7) is 2.06. The van der Waals surface area contributed by atoms with E-state index < -0.39 is 52.7 Å². The number of aromatic hydroxyl groups is 1. The van der Waals surface area contributed by atoms with Gasteiger partial charge in [-0.05, 0) is 55.2 Å². The van der Waals surface area contributed by atoms with E-state index >= 15 is 0 Å². The van der Waals surface area contributed by atoms with Crippen LogP contribution < -0.4 is 5.73 Å². The fourth-order valence-electron chi connectivity index (χ4n) is 5.59. The average Bonchev–Trinajstić information content (AvgIpc) is 2.70. The number of phenolic OH excluding ortho intramolecular Hbond substituents is 1. The minimum Gasteiger partial charge on any atom is -0.508 e. The molecule has 8 nitrogen and oxygen atoms in total. The van der Waals surface area contributed by atoms with E-state index in [0.717, 1.165) is 30.4 Å². The Labute approximate surface area is 179 Å². The normalized spacial score (nSPS) is 32.4. The van der Waals surface area contributed by atoms with Crippen molar-refractivity contribution in [1.29, 1.82) is 0 Å². The summed E-state index contributed by atoms with van der Waals surface area (Å²) in [7, 11) is 0. The highest BCUT2D eigenvalue weighted by atomic mass is 16.3. The summed E-state index contributed by atoms with van der Waals surface area (Å²) in [5.41, 5.74) is 4.44. The van der Waals surface area contributed by atoms with Crippen molar-refractivity contribution in [1.82, 2.24) is 0 Å². The van der Waals surface area contributed by atoms with Crippen LogP contribution in [-0.4, -0.2) is 49.6 Å². The number of aryl methyl sites for hydroxylation is 1. The molecule has 0 radical (unpaired) electrons. The maximum atomic E-state index is 13.4. The van der Waals surface area contributed by atoms with Gasteiger partial charge in [0.2, 0.25) is 5.91 Å². The van der Waals surface area contributed by atoms with Gasteiger partial charge in [-0.25, -0.2) is 0 Å². The molecule has 0 saturated heterocycles. The second-order valence-electron chi connectivity index (χ2n) is 8.94. The van der Waals surface area contributed by atoms with E-state index in [1.807, 2.05) is 0 Å². The number of ketones is 2. The lowest BCUT2D eigenvalue weighted by atomic mass is 9.57. The Morgan fingerprint density at radius 2 is 1.94 bits per heavy atom. The zero-order valence-electron chi connectivity index (χ0n) is 17.3. The summed E-state index contributed by atoms with van der Waals surface area (Å²) in [6.07, 6.45) is 1.71. The summed E-state index contributed by atoms with van der Waals surface area (Å²) < 4.78 is 0. The first-order valence-corrected chi connectivity index (χ1v) is 10.7. The van der Waals surface area contributed by atoms with Gasteiger partial charge >= 0.3 is 0 Å². The number of allylic oxidation sites excluding steroid dienone is 1. The maximum absolute atomic E-state index is 13.4. The molecular formula is C23H27NO7. The molecule has 0 aromatic heterocycles. The molecule has 1 saturated carbocycles. The average molecular weight is 429 g/mol. The quantitative estimate of drug-likeness (QED) is 0.448. The fourth-order valence-corrected chi connectivity index (χ4v) is 5.59. The predicted octanol–water partition coefficient (Wildman–Crippen LogP) is 1.09. The van der Waals surface area contributed by atoms with Crippen LogP contribution in [0.3, 0.4) is 0 Å². The van der Waals surface area contributed by atoms with Crippen molar-refractivity contribution in [3.63, 3.8) is 0 Å². The number of Topliss-reactive ketones (excluding diaryl/α,β-unsaturated/α-hetero) is 2. The first kappa shape index (κ1) is 21.5.